The van der Waals surface area contributed by atoms with Gasteiger partial charge in [0.25, 0.3) is 0 Å². The first kappa shape index (κ1) is 11.0. The Labute approximate surface area is 99.2 Å². The van der Waals surface area contributed by atoms with E-state index >= 15 is 0 Å². The summed E-state index contributed by atoms with van der Waals surface area (Å²) < 4.78 is 0. The lowest BCUT2D eigenvalue weighted by Crippen LogP contribution is -2.21. The zero-order valence-corrected chi connectivity index (χ0v) is 10.3. The van der Waals surface area contributed by atoms with E-state index in [1.807, 2.05) is 12.3 Å². The predicted molar refractivity (Wildman–Crippen MR) is 64.9 cm³/mol. The molecule has 1 aromatic rings. The maximum atomic E-state index is 5.86. The molecule has 1 aliphatic heterocycles. The number of anilines is 1. The maximum absolute atomic E-state index is 5.86. The molecule has 0 amide bonds. The summed E-state index contributed by atoms with van der Waals surface area (Å²) in [5.74, 6) is 2.39. The van der Waals surface area contributed by atoms with Crippen LogP contribution in [0.25, 0.3) is 0 Å². The van der Waals surface area contributed by atoms with Crippen LogP contribution < -0.4 is 4.90 Å². The summed E-state index contributed by atoms with van der Waals surface area (Å²) in [6.07, 6.45) is 4.83. The van der Waals surface area contributed by atoms with E-state index in [9.17, 15) is 0 Å². The van der Waals surface area contributed by atoms with E-state index in [0.717, 1.165) is 29.8 Å². The highest BCUT2D eigenvalue weighted by Crippen LogP contribution is 2.24. The molecule has 0 spiro atoms. The monoisotopic (exact) mass is 243 g/mol. The first-order valence-electron chi connectivity index (χ1n) is 5.00. The smallest absolute Gasteiger partial charge is 0.133 e. The van der Waals surface area contributed by atoms with E-state index < -0.39 is 0 Å². The molecule has 82 valence electrons. The van der Waals surface area contributed by atoms with Crippen molar-refractivity contribution >= 4 is 29.2 Å². The SMILES string of the molecule is CSc1cc(N2CCC(CCl)C2)ncn1. The van der Waals surface area contributed by atoms with Gasteiger partial charge in [-0.05, 0) is 18.6 Å². The molecule has 15 heavy (non-hydrogen) atoms. The van der Waals surface area contributed by atoms with Crippen LogP contribution in [0.5, 0.6) is 0 Å². The topological polar surface area (TPSA) is 29.0 Å². The van der Waals surface area contributed by atoms with E-state index in [-0.39, 0.29) is 0 Å². The minimum atomic E-state index is 0.611. The van der Waals surface area contributed by atoms with Crippen LogP contribution in [0.4, 0.5) is 5.82 Å². The highest BCUT2D eigenvalue weighted by atomic mass is 35.5. The van der Waals surface area contributed by atoms with Crippen molar-refractivity contribution in [3.05, 3.63) is 12.4 Å². The van der Waals surface area contributed by atoms with E-state index in [2.05, 4.69) is 14.9 Å². The molecule has 2 heterocycles. The Morgan fingerprint density at radius 2 is 2.47 bits per heavy atom. The molecule has 1 unspecified atom stereocenters. The van der Waals surface area contributed by atoms with Gasteiger partial charge in [-0.15, -0.1) is 23.4 Å². The predicted octanol–water partition coefficient (Wildman–Crippen LogP) is 2.26. The molecule has 1 fully saturated rings. The van der Waals surface area contributed by atoms with Crippen LogP contribution in [0, 0.1) is 5.92 Å². The minimum absolute atomic E-state index is 0.611. The number of rotatable bonds is 3. The highest BCUT2D eigenvalue weighted by molar-refractivity contribution is 7.98. The summed E-state index contributed by atoms with van der Waals surface area (Å²) in [7, 11) is 0. The molecule has 2 rings (SSSR count). The molecule has 0 N–H and O–H groups in total. The molecule has 1 saturated heterocycles. The molecular formula is C10H14ClN3S. The van der Waals surface area contributed by atoms with Gasteiger partial charge in [0.2, 0.25) is 0 Å². The third-order valence-corrected chi connectivity index (χ3v) is 3.74. The second-order valence-corrected chi connectivity index (χ2v) is 4.81. The Balaban J connectivity index is 2.09. The zero-order valence-electron chi connectivity index (χ0n) is 8.69. The number of aromatic nitrogens is 2. The van der Waals surface area contributed by atoms with Crippen molar-refractivity contribution in [1.29, 1.82) is 0 Å². The Morgan fingerprint density at radius 1 is 1.60 bits per heavy atom. The van der Waals surface area contributed by atoms with E-state index in [1.54, 1.807) is 18.1 Å². The third kappa shape index (κ3) is 2.55. The lowest BCUT2D eigenvalue weighted by molar-refractivity contribution is 0.666. The van der Waals surface area contributed by atoms with E-state index in [1.165, 1.54) is 6.42 Å². The van der Waals surface area contributed by atoms with Crippen LogP contribution in [-0.2, 0) is 0 Å². The Bertz CT molecular complexity index is 334. The summed E-state index contributed by atoms with van der Waals surface area (Å²) in [5.41, 5.74) is 0. The fourth-order valence-electron chi connectivity index (χ4n) is 1.78. The van der Waals surface area contributed by atoms with Crippen LogP contribution in [0.3, 0.4) is 0 Å². The number of nitrogens with zero attached hydrogens (tertiary/aromatic N) is 3. The van der Waals surface area contributed by atoms with Gasteiger partial charge in [-0.25, -0.2) is 9.97 Å². The van der Waals surface area contributed by atoms with Gasteiger partial charge in [-0.1, -0.05) is 0 Å². The Kier molecular flexibility index (Phi) is 3.70. The van der Waals surface area contributed by atoms with Crippen LogP contribution >= 0.6 is 23.4 Å². The van der Waals surface area contributed by atoms with Gasteiger partial charge in [0, 0.05) is 25.0 Å². The van der Waals surface area contributed by atoms with Crippen molar-refractivity contribution in [3.8, 4) is 0 Å². The minimum Gasteiger partial charge on any atom is -0.356 e. The molecule has 3 nitrogen and oxygen atoms in total. The molecule has 0 radical (unpaired) electrons. The van der Waals surface area contributed by atoms with Gasteiger partial charge in [0.05, 0.1) is 0 Å². The Hall–Kier alpha value is -0.480. The lowest BCUT2D eigenvalue weighted by atomic mass is 10.2. The van der Waals surface area contributed by atoms with Crippen LogP contribution in [-0.4, -0.2) is 35.2 Å². The van der Waals surface area contributed by atoms with Crippen LogP contribution in [0.15, 0.2) is 17.4 Å². The molecule has 1 atom stereocenters. The van der Waals surface area contributed by atoms with Crippen molar-refractivity contribution < 1.29 is 0 Å². The second-order valence-electron chi connectivity index (χ2n) is 3.67. The number of thioether (sulfide) groups is 1. The summed E-state index contributed by atoms with van der Waals surface area (Å²) in [5, 5.41) is 1.02. The largest absolute Gasteiger partial charge is 0.356 e. The van der Waals surface area contributed by atoms with Crippen LogP contribution in [0.2, 0.25) is 0 Å². The highest BCUT2D eigenvalue weighted by Gasteiger charge is 2.22. The summed E-state index contributed by atoms with van der Waals surface area (Å²) in [6.45, 7) is 2.08. The second kappa shape index (κ2) is 5.03. The number of halogens is 1. The lowest BCUT2D eigenvalue weighted by Gasteiger charge is -2.16. The van der Waals surface area contributed by atoms with Crippen molar-refractivity contribution in [2.45, 2.75) is 11.4 Å². The average molecular weight is 244 g/mol. The fraction of sp³-hybridized carbons (Fsp3) is 0.600. The normalized spacial score (nSPS) is 20.9. The van der Waals surface area contributed by atoms with E-state index in [0.29, 0.717) is 5.92 Å². The molecule has 0 bridgehead atoms. The van der Waals surface area contributed by atoms with Gasteiger partial charge in [0.1, 0.15) is 17.2 Å². The van der Waals surface area contributed by atoms with Crippen molar-refractivity contribution in [2.75, 3.05) is 30.1 Å². The van der Waals surface area contributed by atoms with Gasteiger partial charge in [-0.2, -0.15) is 0 Å². The molecule has 0 saturated carbocycles. The standard InChI is InChI=1S/C10H14ClN3S/c1-15-10-4-9(12-7-13-10)14-3-2-8(5-11)6-14/h4,7-8H,2-3,5-6H2,1H3. The Morgan fingerprint density at radius 3 is 3.13 bits per heavy atom. The third-order valence-electron chi connectivity index (χ3n) is 2.66. The summed E-state index contributed by atoms with van der Waals surface area (Å²) in [6, 6.07) is 2.04. The van der Waals surface area contributed by atoms with Gasteiger partial charge in [0.15, 0.2) is 0 Å². The quantitative estimate of drug-likeness (QED) is 0.463. The summed E-state index contributed by atoms with van der Waals surface area (Å²) in [4.78, 5) is 10.8. The van der Waals surface area contributed by atoms with Gasteiger partial charge in [-0.3, -0.25) is 0 Å². The van der Waals surface area contributed by atoms with Gasteiger partial charge < -0.3 is 4.90 Å². The zero-order chi connectivity index (χ0) is 10.7. The number of hydrogen-bond acceptors (Lipinski definition) is 4. The van der Waals surface area contributed by atoms with Crippen molar-refractivity contribution in [3.63, 3.8) is 0 Å². The summed E-state index contributed by atoms with van der Waals surface area (Å²) >= 11 is 7.50. The van der Waals surface area contributed by atoms with Gasteiger partial charge >= 0.3 is 0 Å². The molecular weight excluding hydrogens is 230 g/mol. The molecule has 0 aliphatic carbocycles. The first-order valence-corrected chi connectivity index (χ1v) is 6.76. The van der Waals surface area contributed by atoms with Crippen molar-refractivity contribution in [1.82, 2.24) is 9.97 Å². The fourth-order valence-corrected chi connectivity index (χ4v) is 2.41. The molecule has 0 aromatic carbocycles. The molecule has 1 aliphatic rings. The average Bonchev–Trinajstić information content (AvgIpc) is 2.78. The first-order chi connectivity index (χ1) is 7.33. The van der Waals surface area contributed by atoms with Crippen molar-refractivity contribution in [2.24, 2.45) is 5.92 Å². The molecule has 5 heteroatoms. The van der Waals surface area contributed by atoms with Crippen LogP contribution in [0.1, 0.15) is 6.42 Å². The number of hydrogen-bond donors (Lipinski definition) is 0. The number of alkyl halides is 1. The molecule has 1 aromatic heterocycles. The van der Waals surface area contributed by atoms with E-state index in [4.69, 9.17) is 11.6 Å². The maximum Gasteiger partial charge on any atom is 0.133 e.